The van der Waals surface area contributed by atoms with Crippen LogP contribution in [0.3, 0.4) is 0 Å². The summed E-state index contributed by atoms with van der Waals surface area (Å²) in [6.45, 7) is 0.820. The first-order chi connectivity index (χ1) is 6.86. The molecule has 1 aromatic rings. The van der Waals surface area contributed by atoms with Gasteiger partial charge in [0.25, 0.3) is 0 Å². The molecule has 0 aliphatic rings. The standard InChI is InChI=1S/C9H16N2O3/c1-13-7-5-8-10-9(14-11-8)4-2-3-6-12/h12H,2-7H2,1H3. The van der Waals surface area contributed by atoms with E-state index in [2.05, 4.69) is 10.1 Å². The van der Waals surface area contributed by atoms with E-state index in [4.69, 9.17) is 14.4 Å². The van der Waals surface area contributed by atoms with Gasteiger partial charge in [-0.3, -0.25) is 0 Å². The highest BCUT2D eigenvalue weighted by atomic mass is 16.5. The number of methoxy groups -OCH3 is 1. The Balaban J connectivity index is 2.27. The molecule has 0 bridgehead atoms. The first-order valence-corrected chi connectivity index (χ1v) is 4.78. The molecule has 1 N–H and O–H groups in total. The van der Waals surface area contributed by atoms with Gasteiger partial charge in [0.15, 0.2) is 5.82 Å². The molecule has 1 rings (SSSR count). The minimum Gasteiger partial charge on any atom is -0.396 e. The average molecular weight is 200 g/mol. The first-order valence-electron chi connectivity index (χ1n) is 4.78. The molecule has 0 unspecified atom stereocenters. The largest absolute Gasteiger partial charge is 0.396 e. The Hall–Kier alpha value is -0.940. The molecule has 0 aliphatic carbocycles. The van der Waals surface area contributed by atoms with E-state index < -0.39 is 0 Å². The van der Waals surface area contributed by atoms with Crippen molar-refractivity contribution in [1.29, 1.82) is 0 Å². The summed E-state index contributed by atoms with van der Waals surface area (Å²) in [6.07, 6.45) is 3.07. The van der Waals surface area contributed by atoms with Gasteiger partial charge in [0.1, 0.15) is 0 Å². The number of aryl methyl sites for hydroxylation is 1. The van der Waals surface area contributed by atoms with Crippen LogP contribution in [0.5, 0.6) is 0 Å². The number of hydrogen-bond acceptors (Lipinski definition) is 5. The van der Waals surface area contributed by atoms with Gasteiger partial charge in [0.2, 0.25) is 5.89 Å². The van der Waals surface area contributed by atoms with E-state index in [1.54, 1.807) is 7.11 Å². The number of unbranched alkanes of at least 4 members (excludes halogenated alkanes) is 1. The summed E-state index contributed by atoms with van der Waals surface area (Å²) < 4.78 is 9.91. The zero-order valence-electron chi connectivity index (χ0n) is 8.40. The molecule has 0 spiro atoms. The first kappa shape index (κ1) is 11.1. The van der Waals surface area contributed by atoms with Crippen LogP contribution in [0.15, 0.2) is 4.52 Å². The van der Waals surface area contributed by atoms with Crippen LogP contribution in [-0.4, -0.2) is 35.6 Å². The highest BCUT2D eigenvalue weighted by Crippen LogP contribution is 2.03. The Labute approximate surface area is 83.1 Å². The molecule has 0 saturated carbocycles. The summed E-state index contributed by atoms with van der Waals surface area (Å²) in [5.41, 5.74) is 0. The molecule has 5 heteroatoms. The minimum atomic E-state index is 0.213. The Morgan fingerprint density at radius 2 is 2.21 bits per heavy atom. The van der Waals surface area contributed by atoms with E-state index in [0.29, 0.717) is 24.7 Å². The van der Waals surface area contributed by atoms with Crippen LogP contribution in [0.1, 0.15) is 24.6 Å². The van der Waals surface area contributed by atoms with Crippen molar-refractivity contribution in [2.45, 2.75) is 25.7 Å². The highest BCUT2D eigenvalue weighted by Gasteiger charge is 2.04. The van der Waals surface area contributed by atoms with E-state index in [1.165, 1.54) is 0 Å². The Morgan fingerprint density at radius 3 is 2.93 bits per heavy atom. The highest BCUT2D eigenvalue weighted by molar-refractivity contribution is 4.86. The fraction of sp³-hybridized carbons (Fsp3) is 0.778. The third-order valence-corrected chi connectivity index (χ3v) is 1.84. The Kier molecular flexibility index (Phi) is 5.17. The van der Waals surface area contributed by atoms with Crippen molar-refractivity contribution >= 4 is 0 Å². The molecule has 0 aliphatic heterocycles. The molecule has 5 nitrogen and oxygen atoms in total. The smallest absolute Gasteiger partial charge is 0.226 e. The number of aromatic nitrogens is 2. The van der Waals surface area contributed by atoms with Crippen LogP contribution >= 0.6 is 0 Å². The van der Waals surface area contributed by atoms with Gasteiger partial charge in [-0.25, -0.2) is 0 Å². The van der Waals surface area contributed by atoms with Gasteiger partial charge in [-0.2, -0.15) is 4.98 Å². The van der Waals surface area contributed by atoms with Crippen LogP contribution in [0.25, 0.3) is 0 Å². The summed E-state index contributed by atoms with van der Waals surface area (Å²) in [4.78, 5) is 4.18. The van der Waals surface area contributed by atoms with E-state index in [9.17, 15) is 0 Å². The Bertz CT molecular complexity index is 250. The van der Waals surface area contributed by atoms with Crippen LogP contribution in [0.2, 0.25) is 0 Å². The van der Waals surface area contributed by atoms with Crippen LogP contribution < -0.4 is 0 Å². The average Bonchev–Trinajstić information content (AvgIpc) is 2.63. The van der Waals surface area contributed by atoms with E-state index >= 15 is 0 Å². The molecular weight excluding hydrogens is 184 g/mol. The van der Waals surface area contributed by atoms with E-state index in [1.807, 2.05) is 0 Å². The van der Waals surface area contributed by atoms with Crippen molar-refractivity contribution in [1.82, 2.24) is 10.1 Å². The predicted molar refractivity (Wildman–Crippen MR) is 49.9 cm³/mol. The molecule has 0 saturated heterocycles. The zero-order chi connectivity index (χ0) is 10.2. The minimum absolute atomic E-state index is 0.213. The second-order valence-electron chi connectivity index (χ2n) is 3.03. The third kappa shape index (κ3) is 3.85. The molecule has 0 atom stereocenters. The van der Waals surface area contributed by atoms with Crippen molar-refractivity contribution in [2.24, 2.45) is 0 Å². The summed E-state index contributed by atoms with van der Waals surface area (Å²) in [7, 11) is 1.64. The molecule has 1 aromatic heterocycles. The van der Waals surface area contributed by atoms with E-state index in [0.717, 1.165) is 19.3 Å². The molecular formula is C9H16N2O3. The summed E-state index contributed by atoms with van der Waals surface area (Å²) in [5, 5.41) is 12.4. The number of ether oxygens (including phenoxy) is 1. The zero-order valence-corrected chi connectivity index (χ0v) is 8.40. The van der Waals surface area contributed by atoms with Gasteiger partial charge in [-0.05, 0) is 12.8 Å². The van der Waals surface area contributed by atoms with Gasteiger partial charge in [0, 0.05) is 26.6 Å². The quantitative estimate of drug-likeness (QED) is 0.652. The maximum Gasteiger partial charge on any atom is 0.226 e. The number of nitrogens with zero attached hydrogens (tertiary/aromatic N) is 2. The fourth-order valence-corrected chi connectivity index (χ4v) is 1.07. The third-order valence-electron chi connectivity index (χ3n) is 1.84. The normalized spacial score (nSPS) is 10.7. The van der Waals surface area contributed by atoms with E-state index in [-0.39, 0.29) is 6.61 Å². The molecule has 0 radical (unpaired) electrons. The second kappa shape index (κ2) is 6.50. The number of hydrogen-bond donors (Lipinski definition) is 1. The number of aliphatic hydroxyl groups excluding tert-OH is 1. The fourth-order valence-electron chi connectivity index (χ4n) is 1.07. The predicted octanol–water partition coefficient (Wildman–Crippen LogP) is 0.574. The maximum absolute atomic E-state index is 8.58. The molecule has 0 fully saturated rings. The number of rotatable bonds is 7. The lowest BCUT2D eigenvalue weighted by molar-refractivity contribution is 0.199. The van der Waals surface area contributed by atoms with Crippen molar-refractivity contribution in [2.75, 3.05) is 20.3 Å². The van der Waals surface area contributed by atoms with Gasteiger partial charge in [0.05, 0.1) is 6.61 Å². The second-order valence-corrected chi connectivity index (χ2v) is 3.03. The van der Waals surface area contributed by atoms with Crippen LogP contribution in [-0.2, 0) is 17.6 Å². The lowest BCUT2D eigenvalue weighted by Gasteiger charge is -1.92. The monoisotopic (exact) mass is 200 g/mol. The lowest BCUT2D eigenvalue weighted by atomic mass is 10.2. The van der Waals surface area contributed by atoms with Gasteiger partial charge < -0.3 is 14.4 Å². The molecule has 0 aromatic carbocycles. The van der Waals surface area contributed by atoms with Crippen molar-refractivity contribution < 1.29 is 14.4 Å². The van der Waals surface area contributed by atoms with Gasteiger partial charge in [-0.15, -0.1) is 0 Å². The SMILES string of the molecule is COCCc1noc(CCCCO)n1. The topological polar surface area (TPSA) is 68.4 Å². The van der Waals surface area contributed by atoms with Crippen molar-refractivity contribution in [3.63, 3.8) is 0 Å². The van der Waals surface area contributed by atoms with Crippen LogP contribution in [0, 0.1) is 0 Å². The molecule has 14 heavy (non-hydrogen) atoms. The lowest BCUT2D eigenvalue weighted by Crippen LogP contribution is -1.96. The number of aliphatic hydroxyl groups is 1. The molecule has 80 valence electrons. The summed E-state index contributed by atoms with van der Waals surface area (Å²) >= 11 is 0. The molecule has 1 heterocycles. The summed E-state index contributed by atoms with van der Waals surface area (Å²) in [6, 6.07) is 0. The van der Waals surface area contributed by atoms with Gasteiger partial charge in [-0.1, -0.05) is 5.16 Å². The van der Waals surface area contributed by atoms with Gasteiger partial charge >= 0.3 is 0 Å². The van der Waals surface area contributed by atoms with Crippen molar-refractivity contribution in [3.8, 4) is 0 Å². The Morgan fingerprint density at radius 1 is 1.36 bits per heavy atom. The van der Waals surface area contributed by atoms with Crippen LogP contribution in [0.4, 0.5) is 0 Å². The maximum atomic E-state index is 8.58. The summed E-state index contributed by atoms with van der Waals surface area (Å²) in [5.74, 6) is 1.33. The molecule has 0 amide bonds. The van der Waals surface area contributed by atoms with Crippen molar-refractivity contribution in [3.05, 3.63) is 11.7 Å².